The van der Waals surface area contributed by atoms with Crippen molar-refractivity contribution in [1.82, 2.24) is 5.32 Å². The first-order valence-corrected chi connectivity index (χ1v) is 9.91. The van der Waals surface area contributed by atoms with Gasteiger partial charge in [0.1, 0.15) is 5.75 Å². The molecular weight excluding hydrogens is 378 g/mol. The second kappa shape index (κ2) is 9.60. The van der Waals surface area contributed by atoms with Crippen molar-refractivity contribution in [2.24, 2.45) is 0 Å². The maximum atomic E-state index is 12.6. The molecule has 0 radical (unpaired) electrons. The standard InChI is InChI=1S/C22H24ClNO4/c1-2-27-20(25)12-16-7-5-15(6-8-16)9-10-24-22(26)19-14-18(23)13-17-4-3-11-28-21(17)19/h5-8,13-14H,2-4,9-12H2,1H3,(H,24,26). The number of nitrogens with one attached hydrogen (secondary N) is 1. The Labute approximate surface area is 170 Å². The summed E-state index contributed by atoms with van der Waals surface area (Å²) in [6.07, 6.45) is 2.76. The molecule has 0 saturated heterocycles. The average molecular weight is 402 g/mol. The van der Waals surface area contributed by atoms with Crippen LogP contribution in [0.15, 0.2) is 36.4 Å². The van der Waals surface area contributed by atoms with E-state index in [-0.39, 0.29) is 18.3 Å². The number of halogens is 1. The third-order valence-corrected chi connectivity index (χ3v) is 4.81. The van der Waals surface area contributed by atoms with Crippen molar-refractivity contribution in [2.75, 3.05) is 19.8 Å². The van der Waals surface area contributed by atoms with E-state index in [1.807, 2.05) is 30.3 Å². The van der Waals surface area contributed by atoms with Gasteiger partial charge in [-0.1, -0.05) is 35.9 Å². The number of aryl methyl sites for hydroxylation is 1. The first kappa shape index (κ1) is 20.2. The van der Waals surface area contributed by atoms with E-state index in [9.17, 15) is 9.59 Å². The minimum atomic E-state index is -0.227. The van der Waals surface area contributed by atoms with Crippen LogP contribution in [0.25, 0.3) is 0 Å². The van der Waals surface area contributed by atoms with Crippen molar-refractivity contribution >= 4 is 23.5 Å². The number of carbonyl (C=O) groups is 2. The number of hydrogen-bond acceptors (Lipinski definition) is 4. The van der Waals surface area contributed by atoms with E-state index in [2.05, 4.69) is 5.32 Å². The van der Waals surface area contributed by atoms with Crippen LogP contribution >= 0.6 is 11.6 Å². The van der Waals surface area contributed by atoms with Crippen LogP contribution in [0.5, 0.6) is 5.75 Å². The zero-order valence-electron chi connectivity index (χ0n) is 15.9. The second-order valence-electron chi connectivity index (χ2n) is 6.70. The number of fused-ring (bicyclic) bond motifs is 1. The molecule has 0 fully saturated rings. The highest BCUT2D eigenvalue weighted by Crippen LogP contribution is 2.32. The summed E-state index contributed by atoms with van der Waals surface area (Å²) in [7, 11) is 0. The molecule has 1 aliphatic rings. The molecule has 0 bridgehead atoms. The second-order valence-corrected chi connectivity index (χ2v) is 7.13. The molecular formula is C22H24ClNO4. The van der Waals surface area contributed by atoms with Crippen molar-refractivity contribution in [2.45, 2.75) is 32.6 Å². The fourth-order valence-corrected chi connectivity index (χ4v) is 3.47. The Balaban J connectivity index is 1.55. The fourth-order valence-electron chi connectivity index (χ4n) is 3.23. The Kier molecular flexibility index (Phi) is 6.93. The van der Waals surface area contributed by atoms with Crippen LogP contribution < -0.4 is 10.1 Å². The normalized spacial score (nSPS) is 12.6. The van der Waals surface area contributed by atoms with Gasteiger partial charge in [-0.25, -0.2) is 0 Å². The largest absolute Gasteiger partial charge is 0.492 e. The van der Waals surface area contributed by atoms with Gasteiger partial charge in [-0.15, -0.1) is 0 Å². The van der Waals surface area contributed by atoms with Crippen LogP contribution in [-0.4, -0.2) is 31.6 Å². The van der Waals surface area contributed by atoms with Crippen LogP contribution in [0.4, 0.5) is 0 Å². The SMILES string of the molecule is CCOC(=O)Cc1ccc(CCNC(=O)c2cc(Cl)cc3c2OCCC3)cc1. The van der Waals surface area contributed by atoms with Gasteiger partial charge in [-0.05, 0) is 55.0 Å². The Morgan fingerprint density at radius 3 is 2.68 bits per heavy atom. The number of amides is 1. The highest BCUT2D eigenvalue weighted by molar-refractivity contribution is 6.31. The van der Waals surface area contributed by atoms with Gasteiger partial charge in [0.05, 0.1) is 25.2 Å². The highest BCUT2D eigenvalue weighted by atomic mass is 35.5. The zero-order chi connectivity index (χ0) is 19.9. The Hall–Kier alpha value is -2.53. The number of esters is 1. The maximum absolute atomic E-state index is 12.6. The van der Waals surface area contributed by atoms with Gasteiger partial charge in [0.25, 0.3) is 5.91 Å². The van der Waals surface area contributed by atoms with Crippen molar-refractivity contribution < 1.29 is 19.1 Å². The molecule has 0 spiro atoms. The molecule has 0 saturated carbocycles. The molecule has 0 aliphatic carbocycles. The van der Waals surface area contributed by atoms with Gasteiger partial charge in [0, 0.05) is 11.6 Å². The maximum Gasteiger partial charge on any atom is 0.310 e. The van der Waals surface area contributed by atoms with Crippen LogP contribution in [-0.2, 0) is 28.8 Å². The summed E-state index contributed by atoms with van der Waals surface area (Å²) in [6, 6.07) is 11.3. The molecule has 1 amide bonds. The topological polar surface area (TPSA) is 64.6 Å². The quantitative estimate of drug-likeness (QED) is 0.718. The molecule has 148 valence electrons. The number of carbonyl (C=O) groups excluding carboxylic acids is 2. The monoisotopic (exact) mass is 401 g/mol. The van der Waals surface area contributed by atoms with Crippen molar-refractivity contribution in [3.05, 3.63) is 63.7 Å². The van der Waals surface area contributed by atoms with Gasteiger partial charge < -0.3 is 14.8 Å². The molecule has 0 aromatic heterocycles. The third-order valence-electron chi connectivity index (χ3n) is 4.59. The smallest absolute Gasteiger partial charge is 0.310 e. The van der Waals surface area contributed by atoms with Crippen LogP contribution in [0, 0.1) is 0 Å². The Morgan fingerprint density at radius 1 is 1.18 bits per heavy atom. The Morgan fingerprint density at radius 2 is 1.93 bits per heavy atom. The average Bonchev–Trinajstić information content (AvgIpc) is 2.68. The molecule has 0 unspecified atom stereocenters. The van der Waals surface area contributed by atoms with E-state index < -0.39 is 0 Å². The molecule has 5 nitrogen and oxygen atoms in total. The van der Waals surface area contributed by atoms with Gasteiger partial charge in [-0.3, -0.25) is 9.59 Å². The number of ether oxygens (including phenoxy) is 2. The molecule has 1 heterocycles. The lowest BCUT2D eigenvalue weighted by molar-refractivity contribution is -0.142. The zero-order valence-corrected chi connectivity index (χ0v) is 16.7. The van der Waals surface area contributed by atoms with E-state index in [1.54, 1.807) is 13.0 Å². The van der Waals surface area contributed by atoms with Crippen LogP contribution in [0.2, 0.25) is 5.02 Å². The minimum absolute atomic E-state index is 0.181. The summed E-state index contributed by atoms with van der Waals surface area (Å²) >= 11 is 6.16. The number of rotatable bonds is 7. The lowest BCUT2D eigenvalue weighted by Crippen LogP contribution is -2.27. The molecule has 0 atom stereocenters. The number of hydrogen-bond donors (Lipinski definition) is 1. The van der Waals surface area contributed by atoms with E-state index in [1.165, 1.54) is 0 Å². The summed E-state index contributed by atoms with van der Waals surface area (Å²) in [5.74, 6) is 0.241. The van der Waals surface area contributed by atoms with E-state index in [0.717, 1.165) is 29.5 Å². The molecule has 1 aliphatic heterocycles. The van der Waals surface area contributed by atoms with Gasteiger partial charge >= 0.3 is 5.97 Å². The molecule has 3 rings (SSSR count). The summed E-state index contributed by atoms with van der Waals surface area (Å²) in [5, 5.41) is 3.48. The molecule has 2 aromatic rings. The molecule has 2 aromatic carbocycles. The molecule has 6 heteroatoms. The van der Waals surface area contributed by atoms with E-state index in [4.69, 9.17) is 21.1 Å². The fraction of sp³-hybridized carbons (Fsp3) is 0.364. The van der Waals surface area contributed by atoms with Crippen molar-refractivity contribution in [3.8, 4) is 5.75 Å². The first-order valence-electron chi connectivity index (χ1n) is 9.53. The van der Waals surface area contributed by atoms with Gasteiger partial charge in [0.2, 0.25) is 0 Å². The van der Waals surface area contributed by atoms with Gasteiger partial charge in [-0.2, -0.15) is 0 Å². The molecule has 1 N–H and O–H groups in total. The number of benzene rings is 2. The van der Waals surface area contributed by atoms with E-state index >= 15 is 0 Å². The third kappa shape index (κ3) is 5.26. The summed E-state index contributed by atoms with van der Waals surface area (Å²) in [6.45, 7) is 3.29. The lowest BCUT2D eigenvalue weighted by Gasteiger charge is -2.20. The van der Waals surface area contributed by atoms with Gasteiger partial charge in [0.15, 0.2) is 0 Å². The predicted molar refractivity (Wildman–Crippen MR) is 108 cm³/mol. The summed E-state index contributed by atoms with van der Waals surface area (Å²) in [5.41, 5.74) is 3.47. The van der Waals surface area contributed by atoms with E-state index in [0.29, 0.717) is 42.5 Å². The van der Waals surface area contributed by atoms with Crippen LogP contribution in [0.1, 0.15) is 40.4 Å². The van der Waals surface area contributed by atoms with Crippen molar-refractivity contribution in [1.29, 1.82) is 0 Å². The summed E-state index contributed by atoms with van der Waals surface area (Å²) in [4.78, 5) is 24.1. The highest BCUT2D eigenvalue weighted by Gasteiger charge is 2.20. The van der Waals surface area contributed by atoms with Crippen LogP contribution in [0.3, 0.4) is 0 Å². The first-order chi connectivity index (χ1) is 13.6. The summed E-state index contributed by atoms with van der Waals surface area (Å²) < 4.78 is 10.7. The Bertz CT molecular complexity index is 848. The predicted octanol–water partition coefficient (Wildman–Crippen LogP) is 3.74. The molecule has 28 heavy (non-hydrogen) atoms. The van der Waals surface area contributed by atoms with Crippen molar-refractivity contribution in [3.63, 3.8) is 0 Å². The minimum Gasteiger partial charge on any atom is -0.492 e. The lowest BCUT2D eigenvalue weighted by atomic mass is 10.0.